The van der Waals surface area contributed by atoms with Gasteiger partial charge in [0.05, 0.1) is 23.0 Å². The van der Waals surface area contributed by atoms with E-state index in [1.165, 1.54) is 38.1 Å². The van der Waals surface area contributed by atoms with Crippen molar-refractivity contribution in [2.45, 2.75) is 36.0 Å². The molecule has 2 aliphatic carbocycles. The van der Waals surface area contributed by atoms with Gasteiger partial charge in [-0.15, -0.1) is 0 Å². The molecular formula is C22H18Cl2N6O8S2. The maximum absolute atomic E-state index is 12.3. The highest BCUT2D eigenvalue weighted by molar-refractivity contribution is 7.86. The van der Waals surface area contributed by atoms with E-state index in [1.807, 2.05) is 0 Å². The monoisotopic (exact) mass is 628 g/mol. The minimum atomic E-state index is -4.89. The second-order valence-electron chi connectivity index (χ2n) is 8.62. The number of benzene rings is 3. The van der Waals surface area contributed by atoms with Crippen LogP contribution in [0, 0.1) is 0 Å². The number of nitrogens with zero attached hydrogens (tertiary/aromatic N) is 4. The van der Waals surface area contributed by atoms with Crippen LogP contribution in [0.1, 0.15) is 13.8 Å². The third-order valence-corrected chi connectivity index (χ3v) is 7.98. The lowest BCUT2D eigenvalue weighted by Crippen LogP contribution is -2.23. The van der Waals surface area contributed by atoms with Gasteiger partial charge in [-0.2, -0.15) is 16.8 Å². The fraction of sp³-hybridized carbons (Fsp3) is 0.182. The fourth-order valence-corrected chi connectivity index (χ4v) is 6.09. The Morgan fingerprint density at radius 2 is 1.10 bits per heavy atom. The van der Waals surface area contributed by atoms with Crippen molar-refractivity contribution in [3.63, 3.8) is 0 Å². The smallest absolute Gasteiger partial charge is 0.300 e. The van der Waals surface area contributed by atoms with Crippen LogP contribution in [-0.2, 0) is 20.2 Å². The molecule has 1 aromatic rings. The maximum Gasteiger partial charge on any atom is 0.300 e. The Balaban J connectivity index is 1.98. The molecule has 18 heteroatoms. The van der Waals surface area contributed by atoms with Crippen LogP contribution in [0.3, 0.4) is 0 Å². The average Bonchev–Trinajstić information content (AvgIpc) is 2.83. The molecule has 2 aliphatic heterocycles. The molecule has 2 unspecified atom stereocenters. The molecule has 2 heterocycles. The van der Waals surface area contributed by atoms with E-state index < -0.39 is 42.4 Å². The molecule has 0 aromatic heterocycles. The molecule has 4 aliphatic rings. The SMILES string of the molecule is CC(N)N=c1ccc2nc3c(Cl)c4oc5c(S(=O)(=O)O)c(=NC(C)N)ccc-5nc4c(Cl)c3oc-2c1S(=O)(=O)O. The first-order valence-corrected chi connectivity index (χ1v) is 14.8. The summed E-state index contributed by atoms with van der Waals surface area (Å²) in [4.78, 5) is 15.3. The molecule has 0 radical (unpaired) electrons. The second-order valence-corrected chi connectivity index (χ2v) is 12.1. The van der Waals surface area contributed by atoms with Crippen molar-refractivity contribution in [3.05, 3.63) is 45.0 Å². The Bertz CT molecular complexity index is 2000. The van der Waals surface area contributed by atoms with Gasteiger partial charge in [-0.1, -0.05) is 23.2 Å². The van der Waals surface area contributed by atoms with E-state index in [2.05, 4.69) is 20.0 Å². The molecule has 0 bridgehead atoms. The summed E-state index contributed by atoms with van der Waals surface area (Å²) in [5.74, 6) is -0.773. The van der Waals surface area contributed by atoms with Gasteiger partial charge in [0, 0.05) is 0 Å². The van der Waals surface area contributed by atoms with Crippen LogP contribution in [0.25, 0.3) is 45.1 Å². The molecule has 0 fully saturated rings. The molecule has 6 N–H and O–H groups in total. The maximum atomic E-state index is 12.3. The molecule has 0 spiro atoms. The largest absolute Gasteiger partial charge is 0.450 e. The van der Waals surface area contributed by atoms with Crippen LogP contribution in [0.15, 0.2) is 52.9 Å². The van der Waals surface area contributed by atoms with E-state index in [0.29, 0.717) is 0 Å². The number of hydrogen-bond acceptors (Lipinski definition) is 12. The van der Waals surface area contributed by atoms with Crippen LogP contribution in [0.4, 0.5) is 0 Å². The minimum absolute atomic E-state index is 0.0635. The van der Waals surface area contributed by atoms with Crippen molar-refractivity contribution in [1.29, 1.82) is 0 Å². The quantitative estimate of drug-likeness (QED) is 0.166. The van der Waals surface area contributed by atoms with Crippen molar-refractivity contribution < 1.29 is 34.8 Å². The van der Waals surface area contributed by atoms with E-state index in [0.717, 1.165) is 0 Å². The van der Waals surface area contributed by atoms with Gasteiger partial charge in [0.15, 0.2) is 32.5 Å². The summed E-state index contributed by atoms with van der Waals surface area (Å²) in [5.41, 5.74) is 10.6. The van der Waals surface area contributed by atoms with Crippen molar-refractivity contribution in [2.24, 2.45) is 21.5 Å². The zero-order valence-corrected chi connectivity index (χ0v) is 23.5. The fourth-order valence-electron chi connectivity index (χ4n) is 4.05. The molecule has 2 atom stereocenters. The normalized spacial score (nSPS) is 15.5. The number of fused-ring (bicyclic) bond motifs is 4. The van der Waals surface area contributed by atoms with Crippen LogP contribution in [0.2, 0.25) is 10.0 Å². The number of aromatic nitrogens is 2. The van der Waals surface area contributed by atoms with Gasteiger partial charge in [0.2, 0.25) is 0 Å². The molecule has 0 amide bonds. The van der Waals surface area contributed by atoms with Crippen molar-refractivity contribution in [3.8, 4) is 22.9 Å². The van der Waals surface area contributed by atoms with Gasteiger partial charge in [0.25, 0.3) is 0 Å². The number of hydrogen-bond donors (Lipinski definition) is 4. The molecule has 5 rings (SSSR count). The van der Waals surface area contributed by atoms with Gasteiger partial charge in [-0.25, -0.2) is 9.97 Å². The molecule has 0 saturated heterocycles. The minimum Gasteiger partial charge on any atom is -0.450 e. The van der Waals surface area contributed by atoms with E-state index in [1.54, 1.807) is 0 Å². The Morgan fingerprint density at radius 1 is 0.750 bits per heavy atom. The highest BCUT2D eigenvalue weighted by Gasteiger charge is 2.30. The summed E-state index contributed by atoms with van der Waals surface area (Å²) in [7, 11) is -9.78. The summed E-state index contributed by atoms with van der Waals surface area (Å²) < 4.78 is 80.8. The van der Waals surface area contributed by atoms with Crippen molar-refractivity contribution in [2.75, 3.05) is 0 Å². The van der Waals surface area contributed by atoms with E-state index >= 15 is 0 Å². The standard InChI is InChI=1S/C22H18Cl2N6O8S2/c1-7(25)27-11-5-3-9-17(21(11)39(31,32)33)37-19-13(23)16-20(14(24)15(19)29-9)38-18-10(30-16)4-6-12(28-8(2)26)22(18)40(34,35)36/h3-8H,25-26H2,1-2H3,(H,31,32,33)(H,34,35,36). The lowest BCUT2D eigenvalue weighted by atomic mass is 10.2. The molecule has 14 nitrogen and oxygen atoms in total. The van der Waals surface area contributed by atoms with Gasteiger partial charge in [-0.05, 0) is 38.1 Å². The Labute approximate surface area is 235 Å². The van der Waals surface area contributed by atoms with E-state index in [9.17, 15) is 25.9 Å². The van der Waals surface area contributed by atoms with Gasteiger partial charge in [-0.3, -0.25) is 19.1 Å². The number of rotatable bonds is 4. The Morgan fingerprint density at radius 3 is 1.40 bits per heavy atom. The first-order chi connectivity index (χ1) is 18.6. The Hall–Kier alpha value is -3.22. The van der Waals surface area contributed by atoms with Gasteiger partial charge < -0.3 is 20.3 Å². The average molecular weight is 629 g/mol. The summed E-state index contributed by atoms with van der Waals surface area (Å²) in [5, 5.41) is -0.823. The second kappa shape index (κ2) is 9.71. The predicted octanol–water partition coefficient (Wildman–Crippen LogP) is 2.39. The van der Waals surface area contributed by atoms with Crippen LogP contribution in [0.5, 0.6) is 0 Å². The van der Waals surface area contributed by atoms with Gasteiger partial charge >= 0.3 is 20.2 Å². The summed E-state index contributed by atoms with van der Waals surface area (Å²) in [6, 6.07) is 5.25. The summed E-state index contributed by atoms with van der Waals surface area (Å²) in [6.07, 6.45) is -1.64. The highest BCUT2D eigenvalue weighted by atomic mass is 35.5. The van der Waals surface area contributed by atoms with Crippen molar-refractivity contribution >= 4 is 65.6 Å². The molecule has 1 aromatic carbocycles. The Kier molecular flexibility index (Phi) is 6.87. The lowest BCUT2D eigenvalue weighted by molar-refractivity contribution is 0.474. The first-order valence-electron chi connectivity index (χ1n) is 11.1. The molecule has 210 valence electrons. The lowest BCUT2D eigenvalue weighted by Gasteiger charge is -2.15. The van der Waals surface area contributed by atoms with Crippen molar-refractivity contribution in [1.82, 2.24) is 9.97 Å². The topological polar surface area (TPSA) is 238 Å². The van der Waals surface area contributed by atoms with Gasteiger partial charge in [0.1, 0.15) is 32.5 Å². The number of halogens is 2. The first kappa shape index (κ1) is 28.3. The predicted molar refractivity (Wildman–Crippen MR) is 143 cm³/mol. The summed E-state index contributed by atoms with van der Waals surface area (Å²) in [6.45, 7) is 2.99. The van der Waals surface area contributed by atoms with E-state index in [4.69, 9.17) is 43.5 Å². The van der Waals surface area contributed by atoms with E-state index in [-0.39, 0.29) is 65.9 Å². The number of nitrogens with two attached hydrogens (primary N) is 2. The zero-order chi connectivity index (χ0) is 29.3. The highest BCUT2D eigenvalue weighted by Crippen LogP contribution is 2.42. The van der Waals surface area contributed by atoms with Crippen LogP contribution >= 0.6 is 23.2 Å². The third kappa shape index (κ3) is 4.82. The zero-order valence-electron chi connectivity index (χ0n) is 20.3. The molecule has 0 saturated carbocycles. The third-order valence-electron chi connectivity index (χ3n) is 5.46. The van der Waals surface area contributed by atoms with Crippen LogP contribution < -0.4 is 22.2 Å². The molecule has 40 heavy (non-hydrogen) atoms. The summed E-state index contributed by atoms with van der Waals surface area (Å²) >= 11 is 13.2. The van der Waals surface area contributed by atoms with Crippen LogP contribution in [-0.4, -0.2) is 48.2 Å². The molecular weight excluding hydrogens is 611 g/mol.